The molecule has 2 amide bonds. The summed E-state index contributed by atoms with van der Waals surface area (Å²) in [5.41, 5.74) is 5.04. The van der Waals surface area contributed by atoms with E-state index in [4.69, 9.17) is 21.4 Å². The number of alkyl carbamates (subject to hydrolysis) is 1. The van der Waals surface area contributed by atoms with Crippen LogP contribution in [0.15, 0.2) is 66.7 Å². The summed E-state index contributed by atoms with van der Waals surface area (Å²) in [6.45, 7) is 0.597. The molecule has 0 radical (unpaired) electrons. The fraction of sp³-hybridized carbons (Fsp3) is 0.192. The molecule has 1 aliphatic carbocycles. The van der Waals surface area contributed by atoms with E-state index in [1.54, 1.807) is 0 Å². The Balaban J connectivity index is 1.17. The highest BCUT2D eigenvalue weighted by atomic mass is 35.5. The molecule has 180 valence electrons. The molecule has 0 aliphatic heterocycles. The fourth-order valence-electron chi connectivity index (χ4n) is 3.98. The standard InChI is InChI=1S/C26H23ClN2O5S/c27-22-13-16(25(31)32)9-10-23(22)29-24(30)15-35-12-11-28-26(33)34-14-21-19-7-3-1-5-17(19)18-6-2-4-8-20(18)21/h1-10,13,21H,11-12,14-15H2,(H,28,33)(H,29,30)(H,31,32). The van der Waals surface area contributed by atoms with Crippen LogP contribution >= 0.6 is 23.4 Å². The van der Waals surface area contributed by atoms with E-state index >= 15 is 0 Å². The van der Waals surface area contributed by atoms with E-state index in [2.05, 4.69) is 34.9 Å². The topological polar surface area (TPSA) is 105 Å². The number of carbonyl (C=O) groups excluding carboxylic acids is 2. The molecule has 3 N–H and O–H groups in total. The lowest BCUT2D eigenvalue weighted by Crippen LogP contribution is -2.28. The van der Waals surface area contributed by atoms with E-state index in [-0.39, 0.29) is 34.8 Å². The number of carbonyl (C=O) groups is 3. The molecule has 0 bridgehead atoms. The van der Waals surface area contributed by atoms with Gasteiger partial charge in [-0.05, 0) is 40.5 Å². The molecular weight excluding hydrogens is 488 g/mol. The Hall–Kier alpha value is -3.49. The molecule has 7 nitrogen and oxygen atoms in total. The average Bonchev–Trinajstić information content (AvgIpc) is 3.17. The van der Waals surface area contributed by atoms with E-state index in [1.807, 2.05) is 24.3 Å². The van der Waals surface area contributed by atoms with E-state index in [0.29, 0.717) is 18.0 Å². The smallest absolute Gasteiger partial charge is 0.407 e. The highest BCUT2D eigenvalue weighted by molar-refractivity contribution is 7.99. The fourth-order valence-corrected chi connectivity index (χ4v) is 4.85. The summed E-state index contributed by atoms with van der Waals surface area (Å²) in [7, 11) is 0. The summed E-state index contributed by atoms with van der Waals surface area (Å²) in [5.74, 6) is -0.694. The van der Waals surface area contributed by atoms with Crippen molar-refractivity contribution < 1.29 is 24.2 Å². The quantitative estimate of drug-likeness (QED) is 0.340. The van der Waals surface area contributed by atoms with Crippen molar-refractivity contribution in [2.24, 2.45) is 0 Å². The van der Waals surface area contributed by atoms with Crippen molar-refractivity contribution in [1.29, 1.82) is 0 Å². The maximum Gasteiger partial charge on any atom is 0.407 e. The second kappa shape index (κ2) is 11.3. The van der Waals surface area contributed by atoms with Gasteiger partial charge in [0.2, 0.25) is 5.91 Å². The molecule has 0 fully saturated rings. The van der Waals surface area contributed by atoms with Crippen LogP contribution in [-0.4, -0.2) is 47.7 Å². The first-order valence-corrected chi connectivity index (χ1v) is 12.5. The van der Waals surface area contributed by atoms with Gasteiger partial charge in [-0.1, -0.05) is 60.1 Å². The molecular formula is C26H23ClN2O5S. The van der Waals surface area contributed by atoms with Crippen LogP contribution in [0.5, 0.6) is 0 Å². The number of hydrogen-bond acceptors (Lipinski definition) is 5. The van der Waals surface area contributed by atoms with Gasteiger partial charge in [-0.25, -0.2) is 9.59 Å². The summed E-state index contributed by atoms with van der Waals surface area (Å²) in [6, 6.07) is 20.4. The highest BCUT2D eigenvalue weighted by Crippen LogP contribution is 2.44. The predicted octanol–water partition coefficient (Wildman–Crippen LogP) is 5.25. The van der Waals surface area contributed by atoms with Crippen LogP contribution in [0.1, 0.15) is 27.4 Å². The Labute approximate surface area is 211 Å². The van der Waals surface area contributed by atoms with Gasteiger partial charge in [0.15, 0.2) is 0 Å². The number of carboxylic acid groups (broad SMARTS) is 1. The maximum absolute atomic E-state index is 12.2. The first-order chi connectivity index (χ1) is 16.9. The number of thioether (sulfide) groups is 1. The van der Waals surface area contributed by atoms with Crippen LogP contribution in [0.4, 0.5) is 10.5 Å². The third kappa shape index (κ3) is 5.96. The molecule has 4 rings (SSSR count). The molecule has 3 aromatic carbocycles. The average molecular weight is 511 g/mol. The van der Waals surface area contributed by atoms with Crippen molar-refractivity contribution in [3.63, 3.8) is 0 Å². The molecule has 0 spiro atoms. The van der Waals surface area contributed by atoms with Crippen molar-refractivity contribution >= 4 is 47.0 Å². The van der Waals surface area contributed by atoms with Gasteiger partial charge in [0.05, 0.1) is 22.0 Å². The van der Waals surface area contributed by atoms with Crippen LogP contribution in [0.3, 0.4) is 0 Å². The third-order valence-electron chi connectivity index (χ3n) is 5.58. The first-order valence-electron chi connectivity index (χ1n) is 10.9. The monoisotopic (exact) mass is 510 g/mol. The lowest BCUT2D eigenvalue weighted by Gasteiger charge is -2.14. The summed E-state index contributed by atoms with van der Waals surface area (Å²) < 4.78 is 5.49. The molecule has 0 aromatic heterocycles. The molecule has 35 heavy (non-hydrogen) atoms. The number of benzene rings is 3. The molecule has 0 saturated carbocycles. The lowest BCUT2D eigenvalue weighted by atomic mass is 9.98. The minimum absolute atomic E-state index is 0.00242. The first kappa shape index (κ1) is 24.6. The number of fused-ring (bicyclic) bond motifs is 3. The molecule has 1 aliphatic rings. The van der Waals surface area contributed by atoms with Crippen LogP contribution in [-0.2, 0) is 9.53 Å². The Morgan fingerprint density at radius 2 is 1.63 bits per heavy atom. The number of ether oxygens (including phenoxy) is 1. The summed E-state index contributed by atoms with van der Waals surface area (Å²) >= 11 is 7.36. The summed E-state index contributed by atoms with van der Waals surface area (Å²) in [6.07, 6.45) is -0.498. The second-order valence-electron chi connectivity index (χ2n) is 7.85. The Morgan fingerprint density at radius 3 is 2.26 bits per heavy atom. The third-order valence-corrected chi connectivity index (χ3v) is 6.85. The highest BCUT2D eigenvalue weighted by Gasteiger charge is 2.28. The number of hydrogen-bond donors (Lipinski definition) is 3. The number of aromatic carboxylic acids is 1. The Kier molecular flexibility index (Phi) is 7.94. The van der Waals surface area contributed by atoms with Crippen LogP contribution in [0, 0.1) is 0 Å². The zero-order valence-corrected chi connectivity index (χ0v) is 20.2. The van der Waals surface area contributed by atoms with Crippen LogP contribution in [0.2, 0.25) is 5.02 Å². The minimum Gasteiger partial charge on any atom is -0.478 e. The lowest BCUT2D eigenvalue weighted by molar-refractivity contribution is -0.113. The largest absolute Gasteiger partial charge is 0.478 e. The minimum atomic E-state index is -1.09. The number of anilines is 1. The van der Waals surface area contributed by atoms with Crippen molar-refractivity contribution in [2.45, 2.75) is 5.92 Å². The molecule has 0 heterocycles. The van der Waals surface area contributed by atoms with E-state index in [9.17, 15) is 14.4 Å². The summed E-state index contributed by atoms with van der Waals surface area (Å²) in [5, 5.41) is 14.5. The molecule has 0 saturated heterocycles. The van der Waals surface area contributed by atoms with Gasteiger partial charge in [-0.3, -0.25) is 4.79 Å². The van der Waals surface area contributed by atoms with Crippen molar-refractivity contribution in [3.8, 4) is 11.1 Å². The van der Waals surface area contributed by atoms with E-state index in [1.165, 1.54) is 41.1 Å². The normalized spacial score (nSPS) is 11.9. The van der Waals surface area contributed by atoms with Crippen LogP contribution in [0.25, 0.3) is 11.1 Å². The van der Waals surface area contributed by atoms with Gasteiger partial charge >= 0.3 is 12.1 Å². The van der Waals surface area contributed by atoms with Crippen LogP contribution < -0.4 is 10.6 Å². The summed E-state index contributed by atoms with van der Waals surface area (Å²) in [4.78, 5) is 35.3. The van der Waals surface area contributed by atoms with E-state index in [0.717, 1.165) is 11.1 Å². The van der Waals surface area contributed by atoms with Gasteiger partial charge < -0.3 is 20.5 Å². The number of amides is 2. The number of carboxylic acids is 1. The molecule has 0 atom stereocenters. The second-order valence-corrected chi connectivity index (χ2v) is 9.37. The Morgan fingerprint density at radius 1 is 0.971 bits per heavy atom. The van der Waals surface area contributed by atoms with Crippen molar-refractivity contribution in [3.05, 3.63) is 88.4 Å². The molecule has 9 heteroatoms. The van der Waals surface area contributed by atoms with Gasteiger partial charge in [-0.2, -0.15) is 11.8 Å². The zero-order valence-electron chi connectivity index (χ0n) is 18.6. The SMILES string of the molecule is O=C(CSCCNC(=O)OCC1c2ccccc2-c2ccccc21)Nc1ccc(C(=O)O)cc1Cl. The number of nitrogens with one attached hydrogen (secondary N) is 2. The van der Waals surface area contributed by atoms with Gasteiger partial charge in [0.1, 0.15) is 6.61 Å². The van der Waals surface area contributed by atoms with Gasteiger partial charge in [0.25, 0.3) is 0 Å². The Bertz CT molecular complexity index is 1220. The van der Waals surface area contributed by atoms with Crippen molar-refractivity contribution in [2.75, 3.05) is 30.0 Å². The maximum atomic E-state index is 12.2. The van der Waals surface area contributed by atoms with Gasteiger partial charge in [0, 0.05) is 18.2 Å². The van der Waals surface area contributed by atoms with Crippen molar-refractivity contribution in [1.82, 2.24) is 5.32 Å². The predicted molar refractivity (Wildman–Crippen MR) is 137 cm³/mol. The zero-order chi connectivity index (χ0) is 24.8. The number of rotatable bonds is 9. The number of halogens is 1. The van der Waals surface area contributed by atoms with E-state index < -0.39 is 12.1 Å². The molecule has 0 unspecified atom stereocenters. The molecule has 3 aromatic rings. The van der Waals surface area contributed by atoms with Gasteiger partial charge in [-0.15, -0.1) is 0 Å².